The molecule has 0 spiro atoms. The van der Waals surface area contributed by atoms with Crippen LogP contribution in [0.2, 0.25) is 0 Å². The number of thioether (sulfide) groups is 1. The minimum Gasteiger partial charge on any atom is -0.462 e. The average Bonchev–Trinajstić information content (AvgIpc) is 3.26. The summed E-state index contributed by atoms with van der Waals surface area (Å²) in [5.41, 5.74) is 2.33. The number of hydrogen-bond donors (Lipinski definition) is 2. The summed E-state index contributed by atoms with van der Waals surface area (Å²) in [4.78, 5) is 37.2. The van der Waals surface area contributed by atoms with Crippen LogP contribution in [0.5, 0.6) is 0 Å². The van der Waals surface area contributed by atoms with E-state index in [2.05, 4.69) is 27.4 Å². The third kappa shape index (κ3) is 6.82. The number of carbonyl (C=O) groups excluding carboxylic acids is 3. The number of carbonyl (C=O) groups is 3. The Hall–Kier alpha value is -3.92. The lowest BCUT2D eigenvalue weighted by Gasteiger charge is -2.16. The second-order valence-corrected chi connectivity index (χ2v) is 8.83. The van der Waals surface area contributed by atoms with Gasteiger partial charge in [-0.15, -0.1) is 16.8 Å². The van der Waals surface area contributed by atoms with Gasteiger partial charge >= 0.3 is 5.97 Å². The Morgan fingerprint density at radius 3 is 2.67 bits per heavy atom. The van der Waals surface area contributed by atoms with E-state index in [0.717, 1.165) is 5.56 Å². The Balaban J connectivity index is 1.65. The van der Waals surface area contributed by atoms with Gasteiger partial charge in [0.15, 0.2) is 11.0 Å². The number of rotatable bonds is 11. The van der Waals surface area contributed by atoms with Crippen LogP contribution < -0.4 is 10.6 Å². The molecule has 0 fully saturated rings. The fourth-order valence-corrected chi connectivity index (χ4v) is 4.21. The molecule has 10 heteroatoms. The lowest BCUT2D eigenvalue weighted by atomic mass is 10.1. The number of aryl methyl sites for hydroxylation is 1. The van der Waals surface area contributed by atoms with Gasteiger partial charge < -0.3 is 19.9 Å². The number of allylic oxidation sites excluding steroid dienone is 1. The number of nitrogens with one attached hydrogen (secondary N) is 2. The Kier molecular flexibility index (Phi) is 9.40. The molecule has 1 heterocycles. The van der Waals surface area contributed by atoms with Gasteiger partial charge in [-0.2, -0.15) is 0 Å². The van der Waals surface area contributed by atoms with Gasteiger partial charge in [-0.3, -0.25) is 9.59 Å². The number of anilines is 1. The van der Waals surface area contributed by atoms with E-state index in [0.29, 0.717) is 34.3 Å². The first-order chi connectivity index (χ1) is 17.3. The maximum atomic E-state index is 12.7. The van der Waals surface area contributed by atoms with Crippen molar-refractivity contribution < 1.29 is 19.1 Å². The van der Waals surface area contributed by atoms with Crippen LogP contribution in [0.15, 0.2) is 66.3 Å². The minimum absolute atomic E-state index is 0.0723. The Bertz CT molecular complexity index is 1260. The normalized spacial score (nSPS) is 11.4. The molecular weight excluding hydrogens is 478 g/mol. The largest absolute Gasteiger partial charge is 0.462 e. The number of hydrogen-bond acceptors (Lipinski definition) is 7. The van der Waals surface area contributed by atoms with Crippen molar-refractivity contribution in [1.29, 1.82) is 0 Å². The van der Waals surface area contributed by atoms with Crippen molar-refractivity contribution in [2.24, 2.45) is 0 Å². The van der Waals surface area contributed by atoms with E-state index >= 15 is 0 Å². The molecule has 1 aromatic heterocycles. The summed E-state index contributed by atoms with van der Waals surface area (Å²) in [6, 6.07) is 13.5. The molecule has 3 aromatic rings. The molecule has 0 radical (unpaired) electrons. The topological polar surface area (TPSA) is 115 Å². The third-order valence-corrected chi connectivity index (χ3v) is 6.14. The first-order valence-electron chi connectivity index (χ1n) is 11.4. The van der Waals surface area contributed by atoms with Crippen molar-refractivity contribution in [3.05, 3.63) is 83.7 Å². The summed E-state index contributed by atoms with van der Waals surface area (Å²) in [5.74, 6) is -0.286. The van der Waals surface area contributed by atoms with Gasteiger partial charge in [0.05, 0.1) is 24.0 Å². The summed E-state index contributed by atoms with van der Waals surface area (Å²) in [6.45, 7) is 9.93. The summed E-state index contributed by atoms with van der Waals surface area (Å²) < 4.78 is 6.81. The van der Waals surface area contributed by atoms with Crippen molar-refractivity contribution in [3.63, 3.8) is 0 Å². The van der Waals surface area contributed by atoms with Crippen molar-refractivity contribution >= 4 is 35.2 Å². The van der Waals surface area contributed by atoms with Gasteiger partial charge in [0, 0.05) is 17.8 Å². The lowest BCUT2D eigenvalue weighted by Crippen LogP contribution is -2.29. The van der Waals surface area contributed by atoms with Gasteiger partial charge in [0.25, 0.3) is 5.91 Å². The number of ether oxygens (including phenoxy) is 1. The van der Waals surface area contributed by atoms with Gasteiger partial charge in [0.1, 0.15) is 0 Å². The molecule has 3 rings (SSSR count). The molecule has 2 N–H and O–H groups in total. The maximum absolute atomic E-state index is 12.7. The van der Waals surface area contributed by atoms with E-state index in [-0.39, 0.29) is 24.2 Å². The highest BCUT2D eigenvalue weighted by molar-refractivity contribution is 7.99. The highest BCUT2D eigenvalue weighted by atomic mass is 32.2. The summed E-state index contributed by atoms with van der Waals surface area (Å²) in [6.07, 6.45) is 1.70. The summed E-state index contributed by atoms with van der Waals surface area (Å²) in [5, 5.41) is 14.8. The van der Waals surface area contributed by atoms with Gasteiger partial charge in [0.2, 0.25) is 5.91 Å². The number of esters is 1. The monoisotopic (exact) mass is 507 g/mol. The van der Waals surface area contributed by atoms with Crippen LogP contribution in [0.1, 0.15) is 52.0 Å². The van der Waals surface area contributed by atoms with Crippen LogP contribution in [0, 0.1) is 6.92 Å². The molecule has 2 amide bonds. The summed E-state index contributed by atoms with van der Waals surface area (Å²) >= 11 is 1.21. The molecule has 36 heavy (non-hydrogen) atoms. The molecule has 1 atom stereocenters. The van der Waals surface area contributed by atoms with Crippen LogP contribution in [-0.4, -0.2) is 44.9 Å². The third-order valence-electron chi connectivity index (χ3n) is 5.17. The van der Waals surface area contributed by atoms with E-state index in [1.54, 1.807) is 43.3 Å². The number of amides is 2. The minimum atomic E-state index is -0.448. The quantitative estimate of drug-likeness (QED) is 0.227. The van der Waals surface area contributed by atoms with E-state index in [9.17, 15) is 14.4 Å². The molecule has 0 aliphatic carbocycles. The Labute approximate surface area is 214 Å². The summed E-state index contributed by atoms with van der Waals surface area (Å²) in [7, 11) is 0. The van der Waals surface area contributed by atoms with Crippen LogP contribution >= 0.6 is 11.8 Å². The van der Waals surface area contributed by atoms with E-state index in [1.165, 1.54) is 11.8 Å². The predicted molar refractivity (Wildman–Crippen MR) is 139 cm³/mol. The zero-order valence-corrected chi connectivity index (χ0v) is 21.3. The zero-order valence-electron chi connectivity index (χ0n) is 20.5. The van der Waals surface area contributed by atoms with Crippen LogP contribution in [-0.2, 0) is 16.1 Å². The molecule has 0 aliphatic heterocycles. The highest BCUT2D eigenvalue weighted by Gasteiger charge is 2.21. The number of benzene rings is 2. The van der Waals surface area contributed by atoms with Crippen molar-refractivity contribution in [1.82, 2.24) is 20.1 Å². The maximum Gasteiger partial charge on any atom is 0.338 e. The van der Waals surface area contributed by atoms with E-state index < -0.39 is 12.0 Å². The van der Waals surface area contributed by atoms with Crippen molar-refractivity contribution in [3.8, 4) is 0 Å². The SMILES string of the molecule is C=CCn1c(SCC(=O)Nc2cccc(C(=O)OCC)c2)nnc1[C@H](C)NC(=O)c1ccccc1C. The first kappa shape index (κ1) is 26.7. The molecule has 0 saturated heterocycles. The molecule has 0 saturated carbocycles. The molecule has 9 nitrogen and oxygen atoms in total. The Morgan fingerprint density at radius 2 is 1.94 bits per heavy atom. The van der Waals surface area contributed by atoms with Gasteiger partial charge in [-0.05, 0) is 50.6 Å². The highest BCUT2D eigenvalue weighted by Crippen LogP contribution is 2.22. The standard InChI is InChI=1S/C26H29N5O4S/c1-5-14-31-23(18(4)27-24(33)21-13-8-7-10-17(21)3)29-30-26(31)36-16-22(32)28-20-12-9-11-19(15-20)25(34)35-6-2/h5,7-13,15,18H,1,6,14,16H2,2-4H3,(H,27,33)(H,28,32)/t18-/m0/s1. The Morgan fingerprint density at radius 1 is 1.17 bits per heavy atom. The first-order valence-corrected chi connectivity index (χ1v) is 12.4. The van der Waals surface area contributed by atoms with Gasteiger partial charge in [-0.1, -0.05) is 42.1 Å². The van der Waals surface area contributed by atoms with E-state index in [4.69, 9.17) is 4.74 Å². The molecule has 0 unspecified atom stereocenters. The number of nitrogens with zero attached hydrogens (tertiary/aromatic N) is 3. The molecule has 188 valence electrons. The lowest BCUT2D eigenvalue weighted by molar-refractivity contribution is -0.113. The fourth-order valence-electron chi connectivity index (χ4n) is 3.46. The average molecular weight is 508 g/mol. The predicted octanol–water partition coefficient (Wildman–Crippen LogP) is 4.17. The van der Waals surface area contributed by atoms with E-state index in [1.807, 2.05) is 36.6 Å². The molecule has 0 bridgehead atoms. The van der Waals surface area contributed by atoms with Crippen molar-refractivity contribution in [2.75, 3.05) is 17.7 Å². The fraction of sp³-hybridized carbons (Fsp3) is 0.269. The zero-order chi connectivity index (χ0) is 26.1. The molecule has 2 aromatic carbocycles. The van der Waals surface area contributed by atoms with Crippen LogP contribution in [0.4, 0.5) is 5.69 Å². The second kappa shape index (κ2) is 12.7. The molecule has 0 aliphatic rings. The van der Waals surface area contributed by atoms with Gasteiger partial charge in [-0.25, -0.2) is 4.79 Å². The molecular formula is C26H29N5O4S. The number of aromatic nitrogens is 3. The van der Waals surface area contributed by atoms with Crippen LogP contribution in [0.25, 0.3) is 0 Å². The van der Waals surface area contributed by atoms with Crippen LogP contribution in [0.3, 0.4) is 0 Å². The second-order valence-electron chi connectivity index (χ2n) is 7.89. The smallest absolute Gasteiger partial charge is 0.338 e. The van der Waals surface area contributed by atoms with Crippen molar-refractivity contribution in [2.45, 2.75) is 38.5 Å².